The number of carbonyl (C=O) groups excluding carboxylic acids is 2. The van der Waals surface area contributed by atoms with Crippen LogP contribution in [0.15, 0.2) is 48.5 Å². The zero-order valence-electron chi connectivity index (χ0n) is 16.1. The van der Waals surface area contributed by atoms with Gasteiger partial charge in [0.1, 0.15) is 11.8 Å². The van der Waals surface area contributed by atoms with Gasteiger partial charge in [-0.2, -0.15) is 0 Å². The Labute approximate surface area is 160 Å². The van der Waals surface area contributed by atoms with Crippen molar-refractivity contribution in [2.24, 2.45) is 5.92 Å². The van der Waals surface area contributed by atoms with Crippen LogP contribution in [0.2, 0.25) is 0 Å². The highest BCUT2D eigenvalue weighted by Gasteiger charge is 2.34. The highest BCUT2D eigenvalue weighted by Crippen LogP contribution is 2.26. The van der Waals surface area contributed by atoms with E-state index in [4.69, 9.17) is 4.74 Å². The van der Waals surface area contributed by atoms with Crippen LogP contribution in [0.4, 0.5) is 5.69 Å². The molecule has 0 aliphatic carbocycles. The summed E-state index contributed by atoms with van der Waals surface area (Å²) in [4.78, 5) is 26.7. The number of benzene rings is 2. The molecule has 1 atom stereocenters. The van der Waals surface area contributed by atoms with Crippen molar-refractivity contribution in [3.05, 3.63) is 48.5 Å². The minimum absolute atomic E-state index is 0.0426. The van der Waals surface area contributed by atoms with E-state index >= 15 is 0 Å². The standard InChI is InChI=1S/C22H26N2O3/c1-15(2)22(26)24-13-5-8-20(24)21(25)23-18-11-9-16(10-12-18)17-6-4-7-19(14-17)27-3/h4,6-7,9-12,14-15,20H,5,8,13H2,1-3H3,(H,23,25)/t20-/m1/s1. The van der Waals surface area contributed by atoms with Gasteiger partial charge in [0.15, 0.2) is 0 Å². The Morgan fingerprint density at radius 2 is 1.85 bits per heavy atom. The Morgan fingerprint density at radius 3 is 2.52 bits per heavy atom. The number of likely N-dealkylation sites (tertiary alicyclic amines) is 1. The molecule has 2 amide bonds. The van der Waals surface area contributed by atoms with Gasteiger partial charge in [0.05, 0.1) is 7.11 Å². The van der Waals surface area contributed by atoms with Gasteiger partial charge in [-0.15, -0.1) is 0 Å². The summed E-state index contributed by atoms with van der Waals surface area (Å²) in [5.74, 6) is 0.637. The summed E-state index contributed by atoms with van der Waals surface area (Å²) in [6.07, 6.45) is 1.58. The molecule has 27 heavy (non-hydrogen) atoms. The molecule has 1 fully saturated rings. The van der Waals surface area contributed by atoms with E-state index in [0.29, 0.717) is 13.0 Å². The fourth-order valence-corrected chi connectivity index (χ4v) is 3.41. The van der Waals surface area contributed by atoms with Crippen molar-refractivity contribution < 1.29 is 14.3 Å². The molecule has 2 aromatic carbocycles. The van der Waals surface area contributed by atoms with E-state index in [1.165, 1.54) is 0 Å². The average Bonchev–Trinajstić information content (AvgIpc) is 3.17. The van der Waals surface area contributed by atoms with Crippen molar-refractivity contribution in [1.82, 2.24) is 4.90 Å². The molecule has 0 unspecified atom stereocenters. The van der Waals surface area contributed by atoms with Gasteiger partial charge in [-0.1, -0.05) is 38.1 Å². The fourth-order valence-electron chi connectivity index (χ4n) is 3.41. The Kier molecular flexibility index (Phi) is 5.79. The molecule has 1 N–H and O–H groups in total. The van der Waals surface area contributed by atoms with Crippen molar-refractivity contribution in [3.63, 3.8) is 0 Å². The fraction of sp³-hybridized carbons (Fsp3) is 0.364. The first kappa shape index (κ1) is 19.0. The normalized spacial score (nSPS) is 16.4. The van der Waals surface area contributed by atoms with E-state index in [1.54, 1.807) is 12.0 Å². The SMILES string of the molecule is COc1cccc(-c2ccc(NC(=O)[C@H]3CCCN3C(=O)C(C)C)cc2)c1. The largest absolute Gasteiger partial charge is 0.497 e. The Hall–Kier alpha value is -2.82. The summed E-state index contributed by atoms with van der Waals surface area (Å²) < 4.78 is 5.27. The zero-order valence-corrected chi connectivity index (χ0v) is 16.1. The Bertz CT molecular complexity index is 815. The van der Waals surface area contributed by atoms with Crippen LogP contribution >= 0.6 is 0 Å². The van der Waals surface area contributed by atoms with Crippen molar-refractivity contribution in [2.75, 3.05) is 19.0 Å². The first-order chi connectivity index (χ1) is 13.0. The second-order valence-corrected chi connectivity index (χ2v) is 7.14. The molecular formula is C22H26N2O3. The van der Waals surface area contributed by atoms with E-state index in [1.807, 2.05) is 62.4 Å². The molecule has 0 bridgehead atoms. The quantitative estimate of drug-likeness (QED) is 0.872. The highest BCUT2D eigenvalue weighted by molar-refractivity contribution is 5.97. The Morgan fingerprint density at radius 1 is 1.11 bits per heavy atom. The van der Waals surface area contributed by atoms with Crippen LogP contribution in [0, 0.1) is 5.92 Å². The summed E-state index contributed by atoms with van der Waals surface area (Å²) in [5.41, 5.74) is 2.83. The number of methoxy groups -OCH3 is 1. The van der Waals surface area contributed by atoms with Crippen LogP contribution in [0.5, 0.6) is 5.75 Å². The van der Waals surface area contributed by atoms with Gasteiger partial charge < -0.3 is 15.0 Å². The lowest BCUT2D eigenvalue weighted by molar-refractivity contribution is -0.139. The van der Waals surface area contributed by atoms with Crippen molar-refractivity contribution in [2.45, 2.75) is 32.7 Å². The van der Waals surface area contributed by atoms with Gasteiger partial charge in [0.25, 0.3) is 0 Å². The molecule has 0 radical (unpaired) electrons. The third-order valence-electron chi connectivity index (χ3n) is 4.89. The number of nitrogens with zero attached hydrogens (tertiary/aromatic N) is 1. The van der Waals surface area contributed by atoms with Crippen LogP contribution in [0.3, 0.4) is 0 Å². The molecule has 3 rings (SSSR count). The molecule has 5 nitrogen and oxygen atoms in total. The molecule has 0 saturated carbocycles. The van der Waals surface area contributed by atoms with E-state index < -0.39 is 0 Å². The van der Waals surface area contributed by atoms with Crippen LogP contribution in [-0.2, 0) is 9.59 Å². The zero-order chi connectivity index (χ0) is 19.4. The minimum Gasteiger partial charge on any atom is -0.497 e. The molecule has 5 heteroatoms. The molecule has 1 saturated heterocycles. The summed E-state index contributed by atoms with van der Waals surface area (Å²) >= 11 is 0. The van der Waals surface area contributed by atoms with Crippen LogP contribution < -0.4 is 10.1 Å². The Balaban J connectivity index is 1.69. The van der Waals surface area contributed by atoms with Gasteiger partial charge >= 0.3 is 0 Å². The van der Waals surface area contributed by atoms with Crippen molar-refractivity contribution in [1.29, 1.82) is 0 Å². The average molecular weight is 366 g/mol. The number of rotatable bonds is 5. The lowest BCUT2D eigenvalue weighted by atomic mass is 10.0. The van der Waals surface area contributed by atoms with Gasteiger partial charge in [0.2, 0.25) is 11.8 Å². The van der Waals surface area contributed by atoms with E-state index in [9.17, 15) is 9.59 Å². The van der Waals surface area contributed by atoms with Gasteiger partial charge in [-0.25, -0.2) is 0 Å². The van der Waals surface area contributed by atoms with Crippen molar-refractivity contribution in [3.8, 4) is 16.9 Å². The summed E-state index contributed by atoms with van der Waals surface area (Å²) in [6, 6.07) is 15.2. The first-order valence-electron chi connectivity index (χ1n) is 9.35. The van der Waals surface area contributed by atoms with E-state index in [2.05, 4.69) is 5.32 Å². The van der Waals surface area contributed by atoms with Gasteiger partial charge in [0, 0.05) is 18.2 Å². The molecule has 0 aromatic heterocycles. The maximum atomic E-state index is 12.7. The molecule has 142 valence electrons. The van der Waals surface area contributed by atoms with E-state index in [0.717, 1.165) is 29.0 Å². The summed E-state index contributed by atoms with van der Waals surface area (Å²) in [5, 5.41) is 2.95. The lowest BCUT2D eigenvalue weighted by Gasteiger charge is -2.25. The molecule has 0 spiro atoms. The van der Waals surface area contributed by atoms with Crippen molar-refractivity contribution >= 4 is 17.5 Å². The first-order valence-corrected chi connectivity index (χ1v) is 9.35. The number of ether oxygens (including phenoxy) is 1. The molecular weight excluding hydrogens is 340 g/mol. The smallest absolute Gasteiger partial charge is 0.247 e. The molecule has 2 aromatic rings. The molecule has 1 aliphatic heterocycles. The maximum Gasteiger partial charge on any atom is 0.247 e. The topological polar surface area (TPSA) is 58.6 Å². The number of amides is 2. The number of carbonyl (C=O) groups is 2. The summed E-state index contributed by atoms with van der Waals surface area (Å²) in [7, 11) is 1.65. The number of hydrogen-bond acceptors (Lipinski definition) is 3. The minimum atomic E-state index is -0.377. The van der Waals surface area contributed by atoms with Crippen LogP contribution in [-0.4, -0.2) is 36.4 Å². The molecule has 1 heterocycles. The van der Waals surface area contributed by atoms with Gasteiger partial charge in [-0.3, -0.25) is 9.59 Å². The second-order valence-electron chi connectivity index (χ2n) is 7.14. The number of hydrogen-bond donors (Lipinski definition) is 1. The lowest BCUT2D eigenvalue weighted by Crippen LogP contribution is -2.44. The predicted octanol–water partition coefficient (Wildman–Crippen LogP) is 3.95. The highest BCUT2D eigenvalue weighted by atomic mass is 16.5. The van der Waals surface area contributed by atoms with Crippen LogP contribution in [0.25, 0.3) is 11.1 Å². The monoisotopic (exact) mass is 366 g/mol. The summed E-state index contributed by atoms with van der Waals surface area (Å²) in [6.45, 7) is 4.39. The number of anilines is 1. The third-order valence-corrected chi connectivity index (χ3v) is 4.89. The predicted molar refractivity (Wildman–Crippen MR) is 107 cm³/mol. The molecule has 1 aliphatic rings. The second kappa shape index (κ2) is 8.25. The van der Waals surface area contributed by atoms with Gasteiger partial charge in [-0.05, 0) is 48.2 Å². The third kappa shape index (κ3) is 4.30. The number of nitrogens with one attached hydrogen (secondary N) is 1. The van der Waals surface area contributed by atoms with E-state index in [-0.39, 0.29) is 23.8 Å². The maximum absolute atomic E-state index is 12.7. The van der Waals surface area contributed by atoms with Crippen LogP contribution in [0.1, 0.15) is 26.7 Å².